The fourth-order valence-electron chi connectivity index (χ4n) is 3.76. The van der Waals surface area contributed by atoms with E-state index in [4.69, 9.17) is 4.98 Å². The first-order valence-corrected chi connectivity index (χ1v) is 9.69. The first-order valence-electron chi connectivity index (χ1n) is 8.87. The third-order valence-corrected chi connectivity index (χ3v) is 6.16. The zero-order chi connectivity index (χ0) is 16.7. The molecule has 0 radical (unpaired) electrons. The molecule has 1 atom stereocenters. The predicted octanol–water partition coefficient (Wildman–Crippen LogP) is 0.931. The maximum absolute atomic E-state index is 4.79. The molecule has 0 spiro atoms. The van der Waals surface area contributed by atoms with Crippen molar-refractivity contribution in [3.05, 3.63) is 10.4 Å². The van der Waals surface area contributed by atoms with Crippen molar-refractivity contribution in [3.8, 4) is 0 Å². The predicted molar refractivity (Wildman–Crippen MR) is 95.9 cm³/mol. The van der Waals surface area contributed by atoms with E-state index in [-0.39, 0.29) is 0 Å². The lowest BCUT2D eigenvalue weighted by Crippen LogP contribution is -3.11. The summed E-state index contributed by atoms with van der Waals surface area (Å²) in [4.78, 5) is 11.4. The lowest BCUT2D eigenvalue weighted by molar-refractivity contribution is -0.915. The minimum atomic E-state index is 0.598. The summed E-state index contributed by atoms with van der Waals surface area (Å²) >= 11 is 1.85. The van der Waals surface area contributed by atoms with E-state index in [0.717, 1.165) is 36.7 Å². The van der Waals surface area contributed by atoms with Crippen molar-refractivity contribution < 1.29 is 4.90 Å². The van der Waals surface area contributed by atoms with Crippen LogP contribution in [0.15, 0.2) is 0 Å². The van der Waals surface area contributed by atoms with Gasteiger partial charge in [-0.2, -0.15) is 9.50 Å². The average Bonchev–Trinajstić information content (AvgIpc) is 3.19. The maximum atomic E-state index is 4.79. The van der Waals surface area contributed by atoms with E-state index in [9.17, 15) is 0 Å². The van der Waals surface area contributed by atoms with E-state index in [1.807, 2.05) is 15.9 Å². The molecule has 0 aromatic carbocycles. The molecular formula is C16H24N7S+. The summed E-state index contributed by atoms with van der Waals surface area (Å²) in [5.41, 5.74) is 1.47. The number of rotatable bonds is 5. The molecule has 1 aliphatic heterocycles. The van der Waals surface area contributed by atoms with Crippen molar-refractivity contribution in [2.24, 2.45) is 0 Å². The number of nitrogens with zero attached hydrogens (tertiary/aromatic N) is 6. The van der Waals surface area contributed by atoms with E-state index in [0.29, 0.717) is 5.78 Å². The van der Waals surface area contributed by atoms with Gasteiger partial charge in [0.15, 0.2) is 0 Å². The monoisotopic (exact) mass is 346 g/mol. The van der Waals surface area contributed by atoms with Gasteiger partial charge >= 0.3 is 0 Å². The largest absolute Gasteiger partial charge is 0.356 e. The molecule has 0 bridgehead atoms. The molecule has 0 amide bonds. The third-order valence-electron chi connectivity index (χ3n) is 4.95. The second-order valence-corrected chi connectivity index (χ2v) is 7.44. The van der Waals surface area contributed by atoms with Gasteiger partial charge in [-0.3, -0.25) is 0 Å². The van der Waals surface area contributed by atoms with Crippen LogP contribution >= 0.6 is 11.3 Å². The van der Waals surface area contributed by atoms with Gasteiger partial charge in [0.05, 0.1) is 23.4 Å². The molecule has 1 aliphatic rings. The molecular weight excluding hydrogens is 322 g/mol. The van der Waals surface area contributed by atoms with Crippen LogP contribution in [-0.4, -0.2) is 51.2 Å². The fourth-order valence-corrected chi connectivity index (χ4v) is 5.11. The van der Waals surface area contributed by atoms with Crippen LogP contribution in [0.1, 0.15) is 37.6 Å². The van der Waals surface area contributed by atoms with Crippen LogP contribution in [0.25, 0.3) is 16.0 Å². The van der Waals surface area contributed by atoms with Gasteiger partial charge in [-0.15, -0.1) is 11.3 Å². The smallest absolute Gasteiger partial charge is 0.276 e. The highest BCUT2D eigenvalue weighted by atomic mass is 32.1. The summed E-state index contributed by atoms with van der Waals surface area (Å²) in [6, 6.07) is 0. The van der Waals surface area contributed by atoms with Gasteiger partial charge < -0.3 is 9.80 Å². The lowest BCUT2D eigenvalue weighted by atomic mass is 10.0. The van der Waals surface area contributed by atoms with Gasteiger partial charge in [0.25, 0.3) is 5.78 Å². The molecule has 0 fully saturated rings. The Morgan fingerprint density at radius 3 is 2.83 bits per heavy atom. The second-order valence-electron chi connectivity index (χ2n) is 6.36. The normalized spacial score (nSPS) is 17.5. The molecule has 128 valence electrons. The Hall–Kier alpha value is -1.80. The van der Waals surface area contributed by atoms with E-state index >= 15 is 0 Å². The van der Waals surface area contributed by atoms with Crippen LogP contribution in [-0.2, 0) is 13.0 Å². The zero-order valence-electron chi connectivity index (χ0n) is 14.5. The number of hydrogen-bond acceptors (Lipinski definition) is 6. The van der Waals surface area contributed by atoms with Crippen molar-refractivity contribution in [2.45, 2.75) is 40.2 Å². The van der Waals surface area contributed by atoms with Crippen LogP contribution in [0, 0.1) is 0 Å². The number of fused-ring (bicyclic) bond motifs is 5. The standard InChI is InChI=1S/C16H23N7S/c1-4-8-21-9-7-11-12(10-21)24-15-13(11)14(22(5-2)6-3)17-16-18-19-20-23(15)16/h4-10H2,1-3H3/p+1. The SMILES string of the molecule is CCC[NH+]1CCc2c(sc3c2c(N(CC)CC)nc2nnnn23)C1. The van der Waals surface area contributed by atoms with E-state index < -0.39 is 0 Å². The molecule has 24 heavy (non-hydrogen) atoms. The Bertz CT molecular complexity index is 864. The molecule has 4 rings (SSSR count). The van der Waals surface area contributed by atoms with Gasteiger partial charge in [0.1, 0.15) is 17.2 Å². The highest BCUT2D eigenvalue weighted by molar-refractivity contribution is 7.19. The third kappa shape index (κ3) is 2.36. The van der Waals surface area contributed by atoms with E-state index in [1.54, 1.807) is 4.90 Å². The van der Waals surface area contributed by atoms with Crippen molar-refractivity contribution in [1.29, 1.82) is 0 Å². The van der Waals surface area contributed by atoms with Gasteiger partial charge in [0.2, 0.25) is 0 Å². The van der Waals surface area contributed by atoms with E-state index in [2.05, 4.69) is 41.2 Å². The minimum absolute atomic E-state index is 0.598. The number of thiophene rings is 1. The Kier molecular flexibility index (Phi) is 4.09. The summed E-state index contributed by atoms with van der Waals surface area (Å²) in [7, 11) is 0. The average molecular weight is 346 g/mol. The highest BCUT2D eigenvalue weighted by Gasteiger charge is 2.28. The van der Waals surface area contributed by atoms with Crippen LogP contribution in [0.2, 0.25) is 0 Å². The van der Waals surface area contributed by atoms with Crippen LogP contribution in [0.3, 0.4) is 0 Å². The molecule has 3 aromatic rings. The van der Waals surface area contributed by atoms with Crippen molar-refractivity contribution in [1.82, 2.24) is 25.0 Å². The molecule has 0 saturated carbocycles. The summed E-state index contributed by atoms with van der Waals surface area (Å²) < 4.78 is 1.81. The second kappa shape index (κ2) is 6.25. The molecule has 0 saturated heterocycles. The number of tetrazole rings is 1. The fraction of sp³-hybridized carbons (Fsp3) is 0.625. The highest BCUT2D eigenvalue weighted by Crippen LogP contribution is 2.37. The maximum Gasteiger partial charge on any atom is 0.276 e. The first kappa shape index (κ1) is 15.7. The number of nitrogens with one attached hydrogen (secondary N) is 1. The summed E-state index contributed by atoms with van der Waals surface area (Å²) in [6.07, 6.45) is 2.35. The topological polar surface area (TPSA) is 63.7 Å². The van der Waals surface area contributed by atoms with Crippen LogP contribution in [0.5, 0.6) is 0 Å². The number of anilines is 1. The molecule has 1 N–H and O–H groups in total. The quantitative estimate of drug-likeness (QED) is 0.745. The Labute approximate surface area is 145 Å². The van der Waals surface area contributed by atoms with E-state index in [1.165, 1.54) is 35.3 Å². The van der Waals surface area contributed by atoms with Gasteiger partial charge in [-0.05, 0) is 36.3 Å². The number of quaternary nitrogens is 1. The Morgan fingerprint density at radius 2 is 2.08 bits per heavy atom. The summed E-state index contributed by atoms with van der Waals surface area (Å²) in [6.45, 7) is 12.1. The molecule has 7 nitrogen and oxygen atoms in total. The number of hydrogen-bond donors (Lipinski definition) is 1. The first-order chi connectivity index (χ1) is 11.8. The van der Waals surface area contributed by atoms with Gasteiger partial charge in [-0.25, -0.2) is 0 Å². The number of aromatic nitrogens is 5. The summed E-state index contributed by atoms with van der Waals surface area (Å²) in [5.74, 6) is 1.65. The summed E-state index contributed by atoms with van der Waals surface area (Å²) in [5, 5.41) is 13.4. The van der Waals surface area contributed by atoms with Gasteiger partial charge in [0, 0.05) is 19.5 Å². The van der Waals surface area contributed by atoms with Gasteiger partial charge in [-0.1, -0.05) is 12.0 Å². The van der Waals surface area contributed by atoms with Crippen molar-refractivity contribution in [3.63, 3.8) is 0 Å². The van der Waals surface area contributed by atoms with Crippen molar-refractivity contribution >= 4 is 33.1 Å². The molecule has 3 aromatic heterocycles. The molecule has 8 heteroatoms. The van der Waals surface area contributed by atoms with Crippen LogP contribution in [0.4, 0.5) is 5.82 Å². The minimum Gasteiger partial charge on any atom is -0.356 e. The Balaban J connectivity index is 1.94. The lowest BCUT2D eigenvalue weighted by Gasteiger charge is -2.25. The zero-order valence-corrected chi connectivity index (χ0v) is 15.4. The van der Waals surface area contributed by atoms with Crippen molar-refractivity contribution in [2.75, 3.05) is 31.1 Å². The Morgan fingerprint density at radius 1 is 1.25 bits per heavy atom. The molecule has 0 aliphatic carbocycles. The van der Waals surface area contributed by atoms with Crippen LogP contribution < -0.4 is 9.80 Å². The molecule has 4 heterocycles. The molecule has 1 unspecified atom stereocenters.